The average molecular weight is 156 g/mol. The Labute approximate surface area is 66.2 Å². The lowest BCUT2D eigenvalue weighted by Gasteiger charge is -2.03. The molecular formula is C8H12O3. The van der Waals surface area contributed by atoms with Crippen molar-refractivity contribution in [3.63, 3.8) is 0 Å². The van der Waals surface area contributed by atoms with Crippen LogP contribution in [0.1, 0.15) is 13.8 Å². The van der Waals surface area contributed by atoms with Gasteiger partial charge in [0.15, 0.2) is 0 Å². The number of ether oxygens (including phenoxy) is 2. The fourth-order valence-electron chi connectivity index (χ4n) is 0.344. The van der Waals surface area contributed by atoms with Gasteiger partial charge in [-0.05, 0) is 26.5 Å². The smallest absolute Gasteiger partial charge is 0.284 e. The van der Waals surface area contributed by atoms with Gasteiger partial charge in [-0.15, -0.1) is 0 Å². The predicted octanol–water partition coefficient (Wildman–Crippen LogP) is 2.44. The molecule has 0 aliphatic carbocycles. The Hall–Kier alpha value is -1.38. The largest absolute Gasteiger partial charge is 0.481 e. The fourth-order valence-corrected chi connectivity index (χ4v) is 0.344. The number of aliphatic hydroxyl groups is 1. The molecule has 0 fully saturated rings. The molecule has 3 heteroatoms. The normalized spacial score (nSPS) is 11.6. The van der Waals surface area contributed by atoms with Gasteiger partial charge in [0.25, 0.3) is 11.9 Å². The summed E-state index contributed by atoms with van der Waals surface area (Å²) >= 11 is 0. The van der Waals surface area contributed by atoms with E-state index < -0.39 is 0 Å². The second-order valence-corrected chi connectivity index (χ2v) is 1.69. The summed E-state index contributed by atoms with van der Waals surface area (Å²) < 4.78 is 9.42. The molecule has 0 unspecified atom stereocenters. The van der Waals surface area contributed by atoms with E-state index in [1.54, 1.807) is 19.9 Å². The minimum Gasteiger partial charge on any atom is -0.481 e. The van der Waals surface area contributed by atoms with Crippen LogP contribution in [0.5, 0.6) is 0 Å². The summed E-state index contributed by atoms with van der Waals surface area (Å²) in [4.78, 5) is 0. The molecule has 0 radical (unpaired) electrons. The topological polar surface area (TPSA) is 38.7 Å². The lowest BCUT2D eigenvalue weighted by Crippen LogP contribution is -1.91. The van der Waals surface area contributed by atoms with Gasteiger partial charge in [0.1, 0.15) is 0 Å². The van der Waals surface area contributed by atoms with Crippen LogP contribution in [-0.4, -0.2) is 5.11 Å². The first-order valence-corrected chi connectivity index (χ1v) is 3.20. The molecule has 0 saturated carbocycles. The van der Waals surface area contributed by atoms with Crippen LogP contribution < -0.4 is 0 Å². The molecule has 0 rings (SSSR count). The van der Waals surface area contributed by atoms with E-state index in [1.807, 2.05) is 0 Å². The highest BCUT2D eigenvalue weighted by molar-refractivity contribution is 4.85. The molecule has 62 valence electrons. The molecule has 0 bridgehead atoms. The number of hydrogen-bond acceptors (Lipinski definition) is 3. The second-order valence-electron chi connectivity index (χ2n) is 1.69. The third-order valence-corrected chi connectivity index (χ3v) is 0.801. The van der Waals surface area contributed by atoms with Gasteiger partial charge in [-0.3, -0.25) is 0 Å². The minimum absolute atomic E-state index is 0.0405. The summed E-state index contributed by atoms with van der Waals surface area (Å²) in [7, 11) is 0. The third kappa shape index (κ3) is 5.08. The molecule has 0 aromatic heterocycles. The highest BCUT2D eigenvalue weighted by atomic mass is 16.7. The number of rotatable bonds is 4. The van der Waals surface area contributed by atoms with Crippen LogP contribution >= 0.6 is 0 Å². The van der Waals surface area contributed by atoms with Gasteiger partial charge in [-0.2, -0.15) is 0 Å². The van der Waals surface area contributed by atoms with Crippen molar-refractivity contribution >= 4 is 0 Å². The molecule has 0 spiro atoms. The van der Waals surface area contributed by atoms with Gasteiger partial charge in [0.05, 0.1) is 6.26 Å². The Morgan fingerprint density at radius 3 is 2.55 bits per heavy atom. The van der Waals surface area contributed by atoms with Gasteiger partial charge < -0.3 is 14.6 Å². The summed E-state index contributed by atoms with van der Waals surface area (Å²) in [6.45, 7) is 6.82. The molecular weight excluding hydrogens is 144 g/mol. The Kier molecular flexibility index (Phi) is 4.73. The van der Waals surface area contributed by atoms with Crippen molar-refractivity contribution in [2.24, 2.45) is 0 Å². The van der Waals surface area contributed by atoms with Gasteiger partial charge >= 0.3 is 0 Å². The molecule has 3 nitrogen and oxygen atoms in total. The molecule has 0 heterocycles. The molecule has 0 amide bonds. The Morgan fingerprint density at radius 1 is 1.45 bits per heavy atom. The maximum Gasteiger partial charge on any atom is 0.284 e. The zero-order valence-electron chi connectivity index (χ0n) is 6.70. The van der Waals surface area contributed by atoms with Gasteiger partial charge in [0.2, 0.25) is 0 Å². The van der Waals surface area contributed by atoms with Crippen LogP contribution in [0.4, 0.5) is 0 Å². The Morgan fingerprint density at radius 2 is 2.09 bits per heavy atom. The number of allylic oxidation sites excluding steroid dienone is 2. The molecule has 11 heavy (non-hydrogen) atoms. The molecule has 0 saturated heterocycles. The van der Waals surface area contributed by atoms with Crippen molar-refractivity contribution < 1.29 is 14.6 Å². The van der Waals surface area contributed by atoms with Crippen molar-refractivity contribution in [1.82, 2.24) is 0 Å². The van der Waals surface area contributed by atoms with E-state index in [1.165, 1.54) is 12.3 Å². The zero-order valence-corrected chi connectivity index (χ0v) is 6.70. The van der Waals surface area contributed by atoms with E-state index in [4.69, 9.17) is 9.84 Å². The van der Waals surface area contributed by atoms with Crippen molar-refractivity contribution in [2.45, 2.75) is 13.8 Å². The molecule has 0 aliphatic heterocycles. The summed E-state index contributed by atoms with van der Waals surface area (Å²) in [5, 5.41) is 8.80. The lowest BCUT2D eigenvalue weighted by atomic mass is 10.7. The predicted molar refractivity (Wildman–Crippen MR) is 42.5 cm³/mol. The van der Waals surface area contributed by atoms with Crippen molar-refractivity contribution in [2.75, 3.05) is 0 Å². The molecule has 0 atom stereocenters. The van der Waals surface area contributed by atoms with Crippen molar-refractivity contribution in [1.29, 1.82) is 0 Å². The number of hydrogen-bond donors (Lipinski definition) is 1. The van der Waals surface area contributed by atoms with Gasteiger partial charge in [0, 0.05) is 0 Å². The minimum atomic E-state index is -0.223. The maximum absolute atomic E-state index is 8.80. The Balaban J connectivity index is 3.70. The standard InChI is InChI=1S/C8H12O3/c1-4-6-10-7(3)11-8(9)5-2/h4-6,9H,3H2,1-2H3/b6-4+,8-5+. The van der Waals surface area contributed by atoms with Crippen LogP contribution in [0.15, 0.2) is 36.9 Å². The van der Waals surface area contributed by atoms with E-state index in [0.717, 1.165) is 0 Å². The van der Waals surface area contributed by atoms with Crippen LogP contribution in [-0.2, 0) is 9.47 Å². The lowest BCUT2D eigenvalue weighted by molar-refractivity contribution is 0.0610. The quantitative estimate of drug-likeness (QED) is 0.635. The average Bonchev–Trinajstić information content (AvgIpc) is 2.00. The van der Waals surface area contributed by atoms with Crippen LogP contribution in [0.25, 0.3) is 0 Å². The summed E-state index contributed by atoms with van der Waals surface area (Å²) in [5.74, 6) is -0.182. The fraction of sp³-hybridized carbons (Fsp3) is 0.250. The summed E-state index contributed by atoms with van der Waals surface area (Å²) in [6, 6.07) is 0. The highest BCUT2D eigenvalue weighted by Crippen LogP contribution is 2.02. The van der Waals surface area contributed by atoms with Crippen LogP contribution in [0, 0.1) is 0 Å². The maximum atomic E-state index is 8.80. The third-order valence-electron chi connectivity index (χ3n) is 0.801. The van der Waals surface area contributed by atoms with Crippen LogP contribution in [0.3, 0.4) is 0 Å². The molecule has 0 aromatic carbocycles. The van der Waals surface area contributed by atoms with E-state index >= 15 is 0 Å². The molecule has 0 aromatic rings. The molecule has 1 N–H and O–H groups in total. The first-order valence-electron chi connectivity index (χ1n) is 3.20. The van der Waals surface area contributed by atoms with Crippen molar-refractivity contribution in [3.05, 3.63) is 36.9 Å². The van der Waals surface area contributed by atoms with E-state index in [0.29, 0.717) is 0 Å². The highest BCUT2D eigenvalue weighted by Gasteiger charge is 1.95. The first kappa shape index (κ1) is 9.62. The monoisotopic (exact) mass is 156 g/mol. The van der Waals surface area contributed by atoms with Crippen LogP contribution in [0.2, 0.25) is 0 Å². The summed E-state index contributed by atoms with van der Waals surface area (Å²) in [5.41, 5.74) is 0. The van der Waals surface area contributed by atoms with Gasteiger partial charge in [-0.1, -0.05) is 6.08 Å². The Bertz CT molecular complexity index is 180. The SMILES string of the molecule is C=C(O/C=C/C)O/C(O)=C/C. The van der Waals surface area contributed by atoms with E-state index in [2.05, 4.69) is 11.3 Å². The summed E-state index contributed by atoms with van der Waals surface area (Å²) in [6.07, 6.45) is 4.48. The number of aliphatic hydroxyl groups excluding tert-OH is 1. The van der Waals surface area contributed by atoms with E-state index in [-0.39, 0.29) is 11.9 Å². The first-order chi connectivity index (χ1) is 5.20. The zero-order chi connectivity index (χ0) is 8.69. The van der Waals surface area contributed by atoms with Gasteiger partial charge in [-0.25, -0.2) is 0 Å². The second kappa shape index (κ2) is 5.41. The van der Waals surface area contributed by atoms with Crippen molar-refractivity contribution in [3.8, 4) is 0 Å². The molecule has 0 aliphatic rings. The van der Waals surface area contributed by atoms with E-state index in [9.17, 15) is 0 Å².